The molecule has 1 N–H and O–H groups in total. The highest BCUT2D eigenvalue weighted by atomic mass is 32.2. The first-order valence-electron chi connectivity index (χ1n) is 6.30. The molecule has 0 aromatic carbocycles. The molecule has 0 spiro atoms. The fraction of sp³-hybridized carbons (Fsp3) is 0.667. The first kappa shape index (κ1) is 14.0. The van der Waals surface area contributed by atoms with E-state index in [-0.39, 0.29) is 17.5 Å². The van der Waals surface area contributed by atoms with Gasteiger partial charge < -0.3 is 5.11 Å². The third kappa shape index (κ3) is 2.77. The molecule has 1 aliphatic carbocycles. The number of aliphatic hydroxyl groups excluding tert-OH is 1. The van der Waals surface area contributed by atoms with Gasteiger partial charge in [-0.3, -0.25) is 0 Å². The van der Waals surface area contributed by atoms with Gasteiger partial charge in [0.05, 0.1) is 11.5 Å². The summed E-state index contributed by atoms with van der Waals surface area (Å²) in [4.78, 5) is 0.829. The van der Waals surface area contributed by atoms with Gasteiger partial charge in [-0.15, -0.1) is 11.3 Å². The van der Waals surface area contributed by atoms with Gasteiger partial charge >= 0.3 is 0 Å². The van der Waals surface area contributed by atoms with Crippen LogP contribution in [0.4, 0.5) is 0 Å². The Labute approximate surface area is 112 Å². The highest BCUT2D eigenvalue weighted by Crippen LogP contribution is 2.34. The summed E-state index contributed by atoms with van der Waals surface area (Å²) in [5.41, 5.74) is 0. The number of rotatable bonds is 7. The van der Waals surface area contributed by atoms with E-state index >= 15 is 0 Å². The third-order valence-corrected chi connectivity index (χ3v) is 6.19. The largest absolute Gasteiger partial charge is 0.391 e. The molecule has 102 valence electrons. The van der Waals surface area contributed by atoms with Crippen molar-refractivity contribution in [2.75, 3.05) is 6.54 Å². The summed E-state index contributed by atoms with van der Waals surface area (Å²) in [5, 5.41) is 10.9. The molecule has 18 heavy (non-hydrogen) atoms. The highest BCUT2D eigenvalue weighted by molar-refractivity contribution is 7.89. The highest BCUT2D eigenvalue weighted by Gasteiger charge is 2.38. The van der Waals surface area contributed by atoms with Gasteiger partial charge in [0, 0.05) is 17.5 Å². The van der Waals surface area contributed by atoms with E-state index in [1.165, 1.54) is 11.3 Å². The minimum atomic E-state index is -3.43. The minimum Gasteiger partial charge on any atom is -0.391 e. The van der Waals surface area contributed by atoms with Crippen molar-refractivity contribution in [3.8, 4) is 0 Å². The Balaban J connectivity index is 2.27. The van der Waals surface area contributed by atoms with Crippen molar-refractivity contribution in [3.05, 3.63) is 16.3 Å². The van der Waals surface area contributed by atoms with Gasteiger partial charge in [0.2, 0.25) is 10.0 Å². The van der Waals surface area contributed by atoms with Gasteiger partial charge in [-0.1, -0.05) is 13.3 Å². The molecule has 4 nitrogen and oxygen atoms in total. The number of thiophene rings is 1. The summed E-state index contributed by atoms with van der Waals surface area (Å²) in [7, 11) is -3.43. The maximum atomic E-state index is 12.6. The van der Waals surface area contributed by atoms with E-state index in [1.54, 1.807) is 15.8 Å². The zero-order valence-corrected chi connectivity index (χ0v) is 12.1. The third-order valence-electron chi connectivity index (χ3n) is 3.12. The number of hydrogen-bond acceptors (Lipinski definition) is 4. The fourth-order valence-electron chi connectivity index (χ4n) is 1.98. The standard InChI is InChI=1S/C12H19NO3S2/c1-2-3-7-13(10-4-5-10)18(15,16)12-6-8-17-11(12)9-14/h6,8,10,14H,2-5,7,9H2,1H3. The smallest absolute Gasteiger partial charge is 0.244 e. The van der Waals surface area contributed by atoms with Crippen LogP contribution in [0.5, 0.6) is 0 Å². The first-order valence-corrected chi connectivity index (χ1v) is 8.62. The average Bonchev–Trinajstić information content (AvgIpc) is 3.05. The second-order valence-electron chi connectivity index (χ2n) is 4.57. The van der Waals surface area contributed by atoms with Crippen molar-refractivity contribution >= 4 is 21.4 Å². The maximum Gasteiger partial charge on any atom is 0.244 e. The molecule has 1 heterocycles. The van der Waals surface area contributed by atoms with Crippen LogP contribution in [0.3, 0.4) is 0 Å². The Bertz CT molecular complexity index is 491. The molecule has 0 radical (unpaired) electrons. The van der Waals surface area contributed by atoms with Gasteiger partial charge in [0.15, 0.2) is 0 Å². The Morgan fingerprint density at radius 3 is 2.78 bits per heavy atom. The lowest BCUT2D eigenvalue weighted by molar-refractivity contribution is 0.282. The Morgan fingerprint density at radius 1 is 1.50 bits per heavy atom. The maximum absolute atomic E-state index is 12.6. The van der Waals surface area contributed by atoms with E-state index < -0.39 is 10.0 Å². The van der Waals surface area contributed by atoms with E-state index in [9.17, 15) is 13.5 Å². The van der Waals surface area contributed by atoms with Crippen molar-refractivity contribution in [2.45, 2.75) is 50.2 Å². The lowest BCUT2D eigenvalue weighted by Gasteiger charge is -2.21. The predicted octanol–water partition coefficient (Wildman–Crippen LogP) is 2.19. The molecular weight excluding hydrogens is 270 g/mol. The predicted molar refractivity (Wildman–Crippen MR) is 72.1 cm³/mol. The zero-order valence-electron chi connectivity index (χ0n) is 10.5. The topological polar surface area (TPSA) is 57.6 Å². The molecule has 1 aromatic rings. The Kier molecular flexibility index (Phi) is 4.42. The van der Waals surface area contributed by atoms with E-state index in [2.05, 4.69) is 6.92 Å². The molecule has 6 heteroatoms. The van der Waals surface area contributed by atoms with Crippen molar-refractivity contribution in [3.63, 3.8) is 0 Å². The Hall–Kier alpha value is -0.430. The van der Waals surface area contributed by atoms with Crippen LogP contribution >= 0.6 is 11.3 Å². The molecule has 0 amide bonds. The van der Waals surface area contributed by atoms with Crippen LogP contribution < -0.4 is 0 Å². The van der Waals surface area contributed by atoms with Crippen LogP contribution in [0.1, 0.15) is 37.5 Å². The molecule has 1 saturated carbocycles. The van der Waals surface area contributed by atoms with Gasteiger partial charge in [0.1, 0.15) is 0 Å². The van der Waals surface area contributed by atoms with Gasteiger partial charge in [-0.25, -0.2) is 8.42 Å². The summed E-state index contributed by atoms with van der Waals surface area (Å²) < 4.78 is 26.8. The molecule has 2 rings (SSSR count). The number of nitrogens with zero attached hydrogens (tertiary/aromatic N) is 1. The molecule has 0 atom stereocenters. The number of unbranched alkanes of at least 4 members (excludes halogenated alkanes) is 1. The van der Waals surface area contributed by atoms with Crippen LogP contribution in [-0.2, 0) is 16.6 Å². The fourth-order valence-corrected chi connectivity index (χ4v) is 4.97. The number of aliphatic hydroxyl groups is 1. The lowest BCUT2D eigenvalue weighted by atomic mass is 10.3. The first-order chi connectivity index (χ1) is 8.61. The normalized spacial score (nSPS) is 16.4. The summed E-state index contributed by atoms with van der Waals surface area (Å²) in [6.07, 6.45) is 3.78. The molecule has 0 unspecified atom stereocenters. The molecule has 1 aromatic heterocycles. The van der Waals surface area contributed by atoms with Crippen molar-refractivity contribution in [2.24, 2.45) is 0 Å². The second-order valence-corrected chi connectivity index (χ2v) is 7.43. The van der Waals surface area contributed by atoms with Crippen LogP contribution in [0.15, 0.2) is 16.3 Å². The van der Waals surface area contributed by atoms with Crippen molar-refractivity contribution in [1.82, 2.24) is 4.31 Å². The van der Waals surface area contributed by atoms with E-state index in [0.29, 0.717) is 11.4 Å². The average molecular weight is 289 g/mol. The van der Waals surface area contributed by atoms with E-state index in [1.807, 2.05) is 0 Å². The molecule has 0 bridgehead atoms. The zero-order chi connectivity index (χ0) is 13.2. The van der Waals surface area contributed by atoms with Crippen LogP contribution in [0.25, 0.3) is 0 Å². The molecule has 1 aliphatic rings. The molecule has 1 fully saturated rings. The SMILES string of the molecule is CCCCN(C1CC1)S(=O)(=O)c1ccsc1CO. The van der Waals surface area contributed by atoms with Gasteiger partial charge in [-0.2, -0.15) is 4.31 Å². The van der Waals surface area contributed by atoms with Crippen LogP contribution in [0.2, 0.25) is 0 Å². The lowest BCUT2D eigenvalue weighted by Crippen LogP contribution is -2.34. The quantitative estimate of drug-likeness (QED) is 0.837. The summed E-state index contributed by atoms with van der Waals surface area (Å²) in [6, 6.07) is 1.78. The van der Waals surface area contributed by atoms with Crippen molar-refractivity contribution in [1.29, 1.82) is 0 Å². The van der Waals surface area contributed by atoms with E-state index in [4.69, 9.17) is 0 Å². The van der Waals surface area contributed by atoms with Gasteiger partial charge in [0.25, 0.3) is 0 Å². The second kappa shape index (κ2) is 5.69. The summed E-state index contributed by atoms with van der Waals surface area (Å²) in [6.45, 7) is 2.43. The van der Waals surface area contributed by atoms with E-state index in [0.717, 1.165) is 25.7 Å². The Morgan fingerprint density at radius 2 is 2.22 bits per heavy atom. The monoisotopic (exact) mass is 289 g/mol. The molecule has 0 aliphatic heterocycles. The van der Waals surface area contributed by atoms with Crippen molar-refractivity contribution < 1.29 is 13.5 Å². The van der Waals surface area contributed by atoms with Gasteiger partial charge in [-0.05, 0) is 30.7 Å². The minimum absolute atomic E-state index is 0.174. The summed E-state index contributed by atoms with van der Waals surface area (Å²) in [5.74, 6) is 0. The number of sulfonamides is 1. The molecule has 0 saturated heterocycles. The van der Waals surface area contributed by atoms with Crippen LogP contribution in [0, 0.1) is 0 Å². The van der Waals surface area contributed by atoms with Crippen LogP contribution in [-0.4, -0.2) is 30.4 Å². The number of hydrogen-bond donors (Lipinski definition) is 1. The summed E-state index contributed by atoms with van der Waals surface area (Å²) >= 11 is 1.29. The molecular formula is C12H19NO3S2.